The summed E-state index contributed by atoms with van der Waals surface area (Å²) in [7, 11) is 0. The minimum absolute atomic E-state index is 0.0233. The van der Waals surface area contributed by atoms with E-state index in [1.165, 1.54) is 0 Å². The van der Waals surface area contributed by atoms with Gasteiger partial charge in [-0.1, -0.05) is 0 Å². The van der Waals surface area contributed by atoms with Crippen molar-refractivity contribution in [2.24, 2.45) is 5.92 Å². The highest BCUT2D eigenvalue weighted by atomic mass is 16.5. The van der Waals surface area contributed by atoms with Gasteiger partial charge in [0.15, 0.2) is 0 Å². The number of rotatable bonds is 2. The summed E-state index contributed by atoms with van der Waals surface area (Å²) >= 11 is 0. The molecule has 1 saturated heterocycles. The van der Waals surface area contributed by atoms with E-state index in [1.54, 1.807) is 12.3 Å². The van der Waals surface area contributed by atoms with E-state index in [0.717, 1.165) is 12.0 Å². The molecule has 0 radical (unpaired) electrons. The lowest BCUT2D eigenvalue weighted by Gasteiger charge is -2.14. The first-order valence-corrected chi connectivity index (χ1v) is 5.72. The number of hydrogen-bond donors (Lipinski definition) is 2. The van der Waals surface area contributed by atoms with Crippen LogP contribution >= 0.6 is 0 Å². The van der Waals surface area contributed by atoms with Crippen LogP contribution in [0.3, 0.4) is 0 Å². The number of nitrogens with two attached hydrogens (primary N) is 1. The Morgan fingerprint density at radius 2 is 2.41 bits per heavy atom. The van der Waals surface area contributed by atoms with Crippen LogP contribution in [0.1, 0.15) is 18.9 Å². The number of carbonyl (C=O) groups is 1. The summed E-state index contributed by atoms with van der Waals surface area (Å²) in [5.41, 5.74) is 7.20. The average molecular weight is 235 g/mol. The molecule has 1 aliphatic heterocycles. The van der Waals surface area contributed by atoms with Gasteiger partial charge in [0.2, 0.25) is 5.91 Å². The van der Waals surface area contributed by atoms with Crippen LogP contribution in [0.4, 0.5) is 11.5 Å². The van der Waals surface area contributed by atoms with Crippen LogP contribution < -0.4 is 11.1 Å². The van der Waals surface area contributed by atoms with Crippen molar-refractivity contribution in [2.75, 3.05) is 17.7 Å². The largest absolute Gasteiger partial charge is 0.397 e. The van der Waals surface area contributed by atoms with Gasteiger partial charge < -0.3 is 15.8 Å². The summed E-state index contributed by atoms with van der Waals surface area (Å²) in [6.45, 7) is 4.44. The van der Waals surface area contributed by atoms with E-state index < -0.39 is 0 Å². The first-order chi connectivity index (χ1) is 8.08. The van der Waals surface area contributed by atoms with Crippen molar-refractivity contribution in [3.05, 3.63) is 17.8 Å². The Bertz CT molecular complexity index is 434. The van der Waals surface area contributed by atoms with Gasteiger partial charge in [0.1, 0.15) is 5.82 Å². The molecule has 1 aromatic rings. The SMILES string of the molecule is Cc1cc(NC(=O)C2CCOC2C)ncc1N. The molecule has 92 valence electrons. The zero-order chi connectivity index (χ0) is 12.4. The third kappa shape index (κ3) is 2.55. The standard InChI is InChI=1S/C12H17N3O2/c1-7-5-11(14-6-10(7)13)15-12(16)9-3-4-17-8(9)2/h5-6,8-9H,3-4,13H2,1-2H3,(H,14,15,16). The Hall–Kier alpha value is -1.62. The minimum atomic E-state index is -0.0883. The maximum Gasteiger partial charge on any atom is 0.231 e. The summed E-state index contributed by atoms with van der Waals surface area (Å²) in [4.78, 5) is 16.0. The molecule has 5 heteroatoms. The second kappa shape index (κ2) is 4.71. The van der Waals surface area contributed by atoms with Crippen molar-refractivity contribution in [2.45, 2.75) is 26.4 Å². The molecular weight excluding hydrogens is 218 g/mol. The molecule has 0 aromatic carbocycles. The number of ether oxygens (including phenoxy) is 1. The molecule has 2 rings (SSSR count). The zero-order valence-corrected chi connectivity index (χ0v) is 10.1. The van der Waals surface area contributed by atoms with Crippen molar-refractivity contribution >= 4 is 17.4 Å². The number of nitrogens with one attached hydrogen (secondary N) is 1. The molecule has 17 heavy (non-hydrogen) atoms. The third-order valence-electron chi connectivity index (χ3n) is 3.12. The zero-order valence-electron chi connectivity index (χ0n) is 10.1. The maximum atomic E-state index is 12.0. The quantitative estimate of drug-likeness (QED) is 0.810. The molecule has 3 N–H and O–H groups in total. The van der Waals surface area contributed by atoms with Crippen molar-refractivity contribution in [3.63, 3.8) is 0 Å². The molecule has 5 nitrogen and oxygen atoms in total. The van der Waals surface area contributed by atoms with Crippen molar-refractivity contribution in [3.8, 4) is 0 Å². The van der Waals surface area contributed by atoms with Crippen LogP contribution in [0.5, 0.6) is 0 Å². The van der Waals surface area contributed by atoms with Gasteiger partial charge in [-0.05, 0) is 31.9 Å². The number of aryl methyl sites for hydroxylation is 1. The van der Waals surface area contributed by atoms with Gasteiger partial charge >= 0.3 is 0 Å². The summed E-state index contributed by atoms with van der Waals surface area (Å²) in [6, 6.07) is 1.77. The number of hydrogen-bond acceptors (Lipinski definition) is 4. The molecule has 2 unspecified atom stereocenters. The lowest BCUT2D eigenvalue weighted by atomic mass is 10.0. The predicted molar refractivity (Wildman–Crippen MR) is 65.5 cm³/mol. The van der Waals surface area contributed by atoms with E-state index in [-0.39, 0.29) is 17.9 Å². The number of amides is 1. The molecular formula is C12H17N3O2. The molecule has 2 heterocycles. The number of carbonyl (C=O) groups excluding carboxylic acids is 1. The Morgan fingerprint density at radius 3 is 3.00 bits per heavy atom. The van der Waals surface area contributed by atoms with Gasteiger partial charge in [-0.2, -0.15) is 0 Å². The highest BCUT2D eigenvalue weighted by Crippen LogP contribution is 2.22. The van der Waals surface area contributed by atoms with Crippen LogP contribution in [0.25, 0.3) is 0 Å². The lowest BCUT2D eigenvalue weighted by Crippen LogP contribution is -2.28. The molecule has 1 fully saturated rings. The Labute approximate surface area is 100 Å². The topological polar surface area (TPSA) is 77.2 Å². The first-order valence-electron chi connectivity index (χ1n) is 5.72. The van der Waals surface area contributed by atoms with Gasteiger partial charge in [0.05, 0.1) is 23.9 Å². The smallest absolute Gasteiger partial charge is 0.231 e. The van der Waals surface area contributed by atoms with Crippen LogP contribution in [0, 0.1) is 12.8 Å². The second-order valence-electron chi connectivity index (χ2n) is 4.39. The van der Waals surface area contributed by atoms with Crippen molar-refractivity contribution in [1.82, 2.24) is 4.98 Å². The highest BCUT2D eigenvalue weighted by molar-refractivity contribution is 5.92. The van der Waals surface area contributed by atoms with Crippen molar-refractivity contribution in [1.29, 1.82) is 0 Å². The van der Waals surface area contributed by atoms with Gasteiger partial charge in [-0.15, -0.1) is 0 Å². The van der Waals surface area contributed by atoms with Gasteiger partial charge in [-0.3, -0.25) is 4.79 Å². The summed E-state index contributed by atoms with van der Waals surface area (Å²) < 4.78 is 5.37. The highest BCUT2D eigenvalue weighted by Gasteiger charge is 2.30. The Morgan fingerprint density at radius 1 is 1.65 bits per heavy atom. The molecule has 2 atom stereocenters. The molecule has 0 spiro atoms. The molecule has 1 aliphatic rings. The normalized spacial score (nSPS) is 23.6. The van der Waals surface area contributed by atoms with Crippen molar-refractivity contribution < 1.29 is 9.53 Å². The fourth-order valence-electron chi connectivity index (χ4n) is 1.93. The second-order valence-corrected chi connectivity index (χ2v) is 4.39. The average Bonchev–Trinajstić information content (AvgIpc) is 2.70. The summed E-state index contributed by atoms with van der Waals surface area (Å²) in [6.07, 6.45) is 2.30. The van der Waals surface area contributed by atoms with E-state index in [0.29, 0.717) is 18.1 Å². The predicted octanol–water partition coefficient (Wildman–Crippen LogP) is 1.34. The molecule has 1 amide bonds. The Balaban J connectivity index is 2.05. The van der Waals surface area contributed by atoms with E-state index in [1.807, 2.05) is 13.8 Å². The lowest BCUT2D eigenvalue weighted by molar-refractivity contribution is -0.121. The Kier molecular flexibility index (Phi) is 3.28. The number of pyridine rings is 1. The van der Waals surface area contributed by atoms with E-state index >= 15 is 0 Å². The van der Waals surface area contributed by atoms with Crippen LogP contribution in [0.2, 0.25) is 0 Å². The first kappa shape index (κ1) is 11.9. The van der Waals surface area contributed by atoms with Gasteiger partial charge in [0.25, 0.3) is 0 Å². The molecule has 1 aromatic heterocycles. The number of nitrogens with zero attached hydrogens (tertiary/aromatic N) is 1. The number of nitrogen functional groups attached to an aromatic ring is 1. The molecule has 0 aliphatic carbocycles. The van der Waals surface area contributed by atoms with Crippen LogP contribution in [-0.4, -0.2) is 23.6 Å². The van der Waals surface area contributed by atoms with E-state index in [4.69, 9.17) is 10.5 Å². The van der Waals surface area contributed by atoms with Gasteiger partial charge in [0, 0.05) is 6.61 Å². The minimum Gasteiger partial charge on any atom is -0.397 e. The number of anilines is 2. The fraction of sp³-hybridized carbons (Fsp3) is 0.500. The molecule has 0 saturated carbocycles. The summed E-state index contributed by atoms with van der Waals surface area (Å²) in [5, 5.41) is 2.80. The van der Waals surface area contributed by atoms with Crippen LogP contribution in [0.15, 0.2) is 12.3 Å². The monoisotopic (exact) mass is 235 g/mol. The fourth-order valence-corrected chi connectivity index (χ4v) is 1.93. The van der Waals surface area contributed by atoms with Gasteiger partial charge in [-0.25, -0.2) is 4.98 Å². The third-order valence-corrected chi connectivity index (χ3v) is 3.12. The summed E-state index contributed by atoms with van der Waals surface area (Å²) in [5.74, 6) is 0.419. The maximum absolute atomic E-state index is 12.0. The van der Waals surface area contributed by atoms with E-state index in [2.05, 4.69) is 10.3 Å². The number of aromatic nitrogens is 1. The van der Waals surface area contributed by atoms with Crippen LogP contribution in [-0.2, 0) is 9.53 Å². The van der Waals surface area contributed by atoms with E-state index in [9.17, 15) is 4.79 Å². The molecule has 0 bridgehead atoms.